The minimum absolute atomic E-state index is 0.0570. The summed E-state index contributed by atoms with van der Waals surface area (Å²) in [5.41, 5.74) is 0.609. The molecule has 0 spiro atoms. The van der Waals surface area contributed by atoms with Gasteiger partial charge in [0, 0.05) is 18.2 Å². The maximum absolute atomic E-state index is 11.1. The van der Waals surface area contributed by atoms with Crippen molar-refractivity contribution in [1.82, 2.24) is 4.98 Å². The van der Waals surface area contributed by atoms with Gasteiger partial charge >= 0.3 is 0 Å². The first kappa shape index (κ1) is 9.48. The van der Waals surface area contributed by atoms with Gasteiger partial charge in [-0.3, -0.25) is 4.79 Å². The molecule has 1 aromatic heterocycles. The van der Waals surface area contributed by atoms with Crippen molar-refractivity contribution >= 4 is 17.1 Å². The number of carbonyl (C=O) groups excluding carboxylic acids is 1. The van der Waals surface area contributed by atoms with Gasteiger partial charge in [-0.25, -0.2) is 4.98 Å². The molecule has 0 radical (unpaired) electrons. The first-order valence-electron chi connectivity index (χ1n) is 5.36. The molecule has 2 fully saturated rings. The van der Waals surface area contributed by atoms with Crippen LogP contribution >= 0.6 is 11.3 Å². The Kier molecular flexibility index (Phi) is 2.14. The Balaban J connectivity index is 1.84. The maximum Gasteiger partial charge on any atom is 0.178 e. The molecule has 0 aliphatic carbocycles. The van der Waals surface area contributed by atoms with E-state index < -0.39 is 0 Å². The van der Waals surface area contributed by atoms with Crippen LogP contribution in [0.25, 0.3) is 0 Å². The molecule has 15 heavy (non-hydrogen) atoms. The molecule has 2 bridgehead atoms. The van der Waals surface area contributed by atoms with Crippen molar-refractivity contribution in [2.24, 2.45) is 0 Å². The van der Waals surface area contributed by atoms with E-state index in [-0.39, 0.29) is 5.78 Å². The van der Waals surface area contributed by atoms with Crippen LogP contribution in [0.1, 0.15) is 47.6 Å². The second kappa shape index (κ2) is 3.39. The SMILES string of the molecule is CC(=O)c1csc(C2CC3CCC2O3)n1. The Bertz CT molecular complexity index is 401. The highest BCUT2D eigenvalue weighted by Gasteiger charge is 2.42. The molecule has 3 rings (SSSR count). The Morgan fingerprint density at radius 3 is 3.00 bits per heavy atom. The number of Topliss-reactive ketones (excluding diaryl/α,β-unsaturated/α-hetero) is 1. The van der Waals surface area contributed by atoms with E-state index in [9.17, 15) is 4.79 Å². The molecule has 0 saturated carbocycles. The van der Waals surface area contributed by atoms with E-state index >= 15 is 0 Å². The molecule has 2 aliphatic heterocycles. The Morgan fingerprint density at radius 2 is 2.47 bits per heavy atom. The second-order valence-electron chi connectivity index (χ2n) is 4.34. The van der Waals surface area contributed by atoms with Gasteiger partial charge in [-0.05, 0) is 19.3 Å². The van der Waals surface area contributed by atoms with Crippen LogP contribution in [0.2, 0.25) is 0 Å². The lowest BCUT2D eigenvalue weighted by Gasteiger charge is -2.15. The van der Waals surface area contributed by atoms with E-state index in [0.717, 1.165) is 17.8 Å². The van der Waals surface area contributed by atoms with Crippen molar-refractivity contribution in [3.05, 3.63) is 16.1 Å². The van der Waals surface area contributed by atoms with Crippen molar-refractivity contribution in [2.45, 2.75) is 44.3 Å². The summed E-state index contributed by atoms with van der Waals surface area (Å²) < 4.78 is 5.79. The highest BCUT2D eigenvalue weighted by Crippen LogP contribution is 2.45. The zero-order valence-corrected chi connectivity index (χ0v) is 9.42. The lowest BCUT2D eigenvalue weighted by atomic mass is 9.90. The predicted octanol–water partition coefficient (Wildman–Crippen LogP) is 2.38. The number of hydrogen-bond acceptors (Lipinski definition) is 4. The molecule has 1 aromatic rings. The standard InChI is InChI=1S/C11H13NO2S/c1-6(13)9-5-15-11(12-9)8-4-7-2-3-10(8)14-7/h5,7-8,10H,2-4H2,1H3. The van der Waals surface area contributed by atoms with Gasteiger partial charge in [0.1, 0.15) is 5.69 Å². The van der Waals surface area contributed by atoms with E-state index in [1.807, 2.05) is 5.38 Å². The predicted molar refractivity (Wildman–Crippen MR) is 57.4 cm³/mol. The van der Waals surface area contributed by atoms with Crippen molar-refractivity contribution in [1.29, 1.82) is 0 Å². The van der Waals surface area contributed by atoms with Crippen molar-refractivity contribution in [3.63, 3.8) is 0 Å². The second-order valence-corrected chi connectivity index (χ2v) is 5.23. The number of ketones is 1. The average molecular weight is 223 g/mol. The summed E-state index contributed by atoms with van der Waals surface area (Å²) in [5.74, 6) is 0.503. The van der Waals surface area contributed by atoms with Gasteiger partial charge in [-0.1, -0.05) is 0 Å². The van der Waals surface area contributed by atoms with E-state index in [1.54, 1.807) is 18.3 Å². The fraction of sp³-hybridized carbons (Fsp3) is 0.636. The van der Waals surface area contributed by atoms with Crippen LogP contribution in [0.4, 0.5) is 0 Å². The Labute approximate surface area is 92.5 Å². The molecule has 2 saturated heterocycles. The molecular formula is C11H13NO2S. The molecule has 80 valence electrons. The fourth-order valence-electron chi connectivity index (χ4n) is 2.52. The van der Waals surface area contributed by atoms with Gasteiger partial charge < -0.3 is 4.74 Å². The van der Waals surface area contributed by atoms with E-state index in [2.05, 4.69) is 4.98 Å². The summed E-state index contributed by atoms with van der Waals surface area (Å²) in [6.45, 7) is 1.57. The van der Waals surface area contributed by atoms with Gasteiger partial charge in [0.25, 0.3) is 0 Å². The summed E-state index contributed by atoms with van der Waals surface area (Å²) in [6.07, 6.45) is 4.26. The van der Waals surface area contributed by atoms with Crippen molar-refractivity contribution < 1.29 is 9.53 Å². The molecule has 3 heterocycles. The van der Waals surface area contributed by atoms with Crippen molar-refractivity contribution in [3.8, 4) is 0 Å². The highest BCUT2D eigenvalue weighted by atomic mass is 32.1. The monoisotopic (exact) mass is 223 g/mol. The molecule has 3 unspecified atom stereocenters. The summed E-state index contributed by atoms with van der Waals surface area (Å²) in [6, 6.07) is 0. The van der Waals surface area contributed by atoms with Gasteiger partial charge in [0.2, 0.25) is 0 Å². The first-order valence-corrected chi connectivity index (χ1v) is 6.24. The molecule has 0 aromatic carbocycles. The van der Waals surface area contributed by atoms with Gasteiger partial charge in [0.05, 0.1) is 17.2 Å². The largest absolute Gasteiger partial charge is 0.374 e. The lowest BCUT2D eigenvalue weighted by molar-refractivity contribution is 0.0995. The molecule has 2 aliphatic rings. The van der Waals surface area contributed by atoms with E-state index in [1.165, 1.54) is 6.42 Å². The molecule has 3 nitrogen and oxygen atoms in total. The number of fused-ring (bicyclic) bond motifs is 2. The number of nitrogens with zero attached hydrogens (tertiary/aromatic N) is 1. The fourth-order valence-corrected chi connectivity index (χ4v) is 3.54. The van der Waals surface area contributed by atoms with Crippen LogP contribution in [0.5, 0.6) is 0 Å². The summed E-state index contributed by atoms with van der Waals surface area (Å²) in [7, 11) is 0. The van der Waals surface area contributed by atoms with Crippen molar-refractivity contribution in [2.75, 3.05) is 0 Å². The molecular weight excluding hydrogens is 210 g/mol. The smallest absolute Gasteiger partial charge is 0.178 e. The topological polar surface area (TPSA) is 39.2 Å². The number of thiazole rings is 1. The zero-order chi connectivity index (χ0) is 10.4. The highest BCUT2D eigenvalue weighted by molar-refractivity contribution is 7.09. The van der Waals surface area contributed by atoms with Gasteiger partial charge in [-0.2, -0.15) is 0 Å². The summed E-state index contributed by atoms with van der Waals surface area (Å²) >= 11 is 1.60. The maximum atomic E-state index is 11.1. The van der Waals surface area contributed by atoms with Crippen LogP contribution in [0, 0.1) is 0 Å². The quantitative estimate of drug-likeness (QED) is 0.723. The molecule has 3 atom stereocenters. The van der Waals surface area contributed by atoms with E-state index in [0.29, 0.717) is 23.8 Å². The number of rotatable bonds is 2. The van der Waals surface area contributed by atoms with Crippen LogP contribution in [-0.2, 0) is 4.74 Å². The van der Waals surface area contributed by atoms with Crippen LogP contribution in [-0.4, -0.2) is 23.0 Å². The normalized spacial score (nSPS) is 33.5. The van der Waals surface area contributed by atoms with Gasteiger partial charge in [0.15, 0.2) is 5.78 Å². The Hall–Kier alpha value is -0.740. The minimum Gasteiger partial charge on any atom is -0.374 e. The summed E-state index contributed by atoms with van der Waals surface area (Å²) in [5, 5.41) is 2.95. The third-order valence-electron chi connectivity index (χ3n) is 3.31. The minimum atomic E-state index is 0.0570. The summed E-state index contributed by atoms with van der Waals surface area (Å²) in [4.78, 5) is 15.5. The molecule has 0 amide bonds. The number of aromatic nitrogens is 1. The van der Waals surface area contributed by atoms with Gasteiger partial charge in [-0.15, -0.1) is 11.3 Å². The average Bonchev–Trinajstić information content (AvgIpc) is 2.93. The zero-order valence-electron chi connectivity index (χ0n) is 8.60. The number of ether oxygens (including phenoxy) is 1. The Morgan fingerprint density at radius 1 is 1.60 bits per heavy atom. The molecule has 4 heteroatoms. The lowest BCUT2D eigenvalue weighted by Crippen LogP contribution is -2.14. The van der Waals surface area contributed by atoms with Crippen LogP contribution in [0.15, 0.2) is 5.38 Å². The van der Waals surface area contributed by atoms with Crippen LogP contribution < -0.4 is 0 Å². The number of carbonyl (C=O) groups is 1. The number of hydrogen-bond donors (Lipinski definition) is 0. The van der Waals surface area contributed by atoms with Crippen LogP contribution in [0.3, 0.4) is 0 Å². The third-order valence-corrected chi connectivity index (χ3v) is 4.28. The van der Waals surface area contributed by atoms with E-state index in [4.69, 9.17) is 4.74 Å². The molecule has 0 N–H and O–H groups in total. The first-order chi connectivity index (χ1) is 7.24. The third kappa shape index (κ3) is 1.52.